The zero-order valence-electron chi connectivity index (χ0n) is 15.9. The number of benzene rings is 2. The minimum atomic E-state index is -4.83. The normalized spacial score (nSPS) is 22.4. The summed E-state index contributed by atoms with van der Waals surface area (Å²) in [6, 6.07) is 14.9. The number of halogens is 3. The molecule has 2 aromatic carbocycles. The first-order valence-corrected chi connectivity index (χ1v) is 10.6. The minimum absolute atomic E-state index is 0.413. The third-order valence-corrected chi connectivity index (χ3v) is 7.30. The van der Waals surface area contributed by atoms with Crippen LogP contribution in [0.25, 0.3) is 5.57 Å². The van der Waals surface area contributed by atoms with Crippen molar-refractivity contribution in [3.05, 3.63) is 64.7 Å². The quantitative estimate of drug-likeness (QED) is 0.474. The Bertz CT molecular complexity index is 1120. The van der Waals surface area contributed by atoms with E-state index in [0.717, 1.165) is 37.0 Å². The molecule has 3 aliphatic heterocycles. The van der Waals surface area contributed by atoms with Crippen molar-refractivity contribution in [1.82, 2.24) is 4.90 Å². The summed E-state index contributed by atoms with van der Waals surface area (Å²) in [7, 11) is 0. The molecule has 0 unspecified atom stereocenters. The lowest BCUT2D eigenvalue weighted by molar-refractivity contribution is -0.189. The van der Waals surface area contributed by atoms with E-state index in [-0.39, 0.29) is 0 Å². The van der Waals surface area contributed by atoms with Gasteiger partial charge in [0, 0.05) is 21.9 Å². The van der Waals surface area contributed by atoms with Crippen molar-refractivity contribution in [1.29, 1.82) is 5.26 Å². The molecule has 0 aromatic heterocycles. The van der Waals surface area contributed by atoms with Crippen molar-refractivity contribution in [2.45, 2.75) is 53.7 Å². The summed E-state index contributed by atoms with van der Waals surface area (Å²) < 4.78 is 39.3. The maximum atomic E-state index is 13.1. The largest absolute Gasteiger partial charge is 0.471 e. The molecule has 3 heterocycles. The number of carbonyl (C=O) groups is 1. The summed E-state index contributed by atoms with van der Waals surface area (Å²) in [4.78, 5) is 15.1. The van der Waals surface area contributed by atoms with E-state index in [0.29, 0.717) is 31.2 Å². The summed E-state index contributed by atoms with van der Waals surface area (Å²) in [6.07, 6.45) is -2.74. The fraction of sp³-hybridized carbons (Fsp3) is 0.304. The van der Waals surface area contributed by atoms with Crippen molar-refractivity contribution < 1.29 is 18.0 Å². The minimum Gasteiger partial charge on any atom is -0.328 e. The van der Waals surface area contributed by atoms with Gasteiger partial charge < -0.3 is 4.90 Å². The Kier molecular flexibility index (Phi) is 4.44. The molecule has 2 atom stereocenters. The first-order valence-electron chi connectivity index (χ1n) is 9.80. The number of hydrogen-bond donors (Lipinski definition) is 0. The van der Waals surface area contributed by atoms with Gasteiger partial charge in [-0.25, -0.2) is 0 Å². The molecule has 0 radical (unpaired) electrons. The summed E-state index contributed by atoms with van der Waals surface area (Å²) in [5.41, 5.74) is 4.83. The highest BCUT2D eigenvalue weighted by Gasteiger charge is 2.51. The van der Waals surface area contributed by atoms with E-state index in [1.54, 1.807) is 17.8 Å². The highest BCUT2D eigenvalue weighted by atomic mass is 32.2. The maximum Gasteiger partial charge on any atom is 0.471 e. The van der Waals surface area contributed by atoms with Gasteiger partial charge in [0.15, 0.2) is 0 Å². The molecule has 30 heavy (non-hydrogen) atoms. The van der Waals surface area contributed by atoms with Gasteiger partial charge in [-0.2, -0.15) is 18.4 Å². The average Bonchev–Trinajstić information content (AvgIpc) is 2.99. The third kappa shape index (κ3) is 3.02. The SMILES string of the molecule is N#Cc1ccc2c(c1)Sc1ccccc1C2=C1C[C@@H]2CC[C@@H](C1)N2C(=O)C(F)(F)F. The lowest BCUT2D eigenvalue weighted by Gasteiger charge is -2.38. The molecule has 0 aliphatic carbocycles. The number of piperidine rings is 1. The smallest absolute Gasteiger partial charge is 0.328 e. The second kappa shape index (κ2) is 6.92. The topological polar surface area (TPSA) is 44.1 Å². The molecule has 0 saturated carbocycles. The Hall–Kier alpha value is -2.72. The standard InChI is InChI=1S/C23H17F3N2OS/c24-23(25,26)22(29)28-15-6-7-16(28)11-14(10-15)21-17-3-1-2-4-19(17)30-20-9-13(12-27)5-8-18(20)21/h1-5,8-9,15-16H,6-7,10-11H2/t15-,16-/m0/s1. The van der Waals surface area contributed by atoms with E-state index >= 15 is 0 Å². The van der Waals surface area contributed by atoms with Crippen LogP contribution in [0, 0.1) is 11.3 Å². The van der Waals surface area contributed by atoms with Gasteiger partial charge >= 0.3 is 12.1 Å². The number of nitriles is 1. The molecule has 3 nitrogen and oxygen atoms in total. The Morgan fingerprint density at radius 3 is 2.37 bits per heavy atom. The van der Waals surface area contributed by atoms with Gasteiger partial charge in [-0.1, -0.05) is 41.6 Å². The summed E-state index contributed by atoms with van der Waals surface area (Å²) in [5.74, 6) is -1.71. The zero-order chi connectivity index (χ0) is 21.0. The van der Waals surface area contributed by atoms with Crippen LogP contribution < -0.4 is 0 Å². The average molecular weight is 426 g/mol. The van der Waals surface area contributed by atoms with Gasteiger partial charge in [-0.15, -0.1) is 0 Å². The van der Waals surface area contributed by atoms with Crippen molar-refractivity contribution in [2.75, 3.05) is 0 Å². The van der Waals surface area contributed by atoms with Crippen LogP contribution in [0.3, 0.4) is 0 Å². The second-order valence-electron chi connectivity index (χ2n) is 7.90. The monoisotopic (exact) mass is 426 g/mol. The summed E-state index contributed by atoms with van der Waals surface area (Å²) in [6.45, 7) is 0. The Morgan fingerprint density at radius 1 is 1.03 bits per heavy atom. The van der Waals surface area contributed by atoms with E-state index in [1.807, 2.05) is 36.4 Å². The Labute approximate surface area is 176 Å². The van der Waals surface area contributed by atoms with Gasteiger partial charge in [0.25, 0.3) is 0 Å². The fourth-order valence-corrected chi connectivity index (χ4v) is 6.12. The predicted molar refractivity (Wildman–Crippen MR) is 107 cm³/mol. The number of hydrogen-bond acceptors (Lipinski definition) is 3. The molecule has 3 aliphatic rings. The van der Waals surface area contributed by atoms with Gasteiger partial charge in [0.05, 0.1) is 11.6 Å². The molecular formula is C23H17F3N2OS. The van der Waals surface area contributed by atoms with Crippen LogP contribution in [-0.4, -0.2) is 29.1 Å². The number of nitrogens with zero attached hydrogens (tertiary/aromatic N) is 2. The highest BCUT2D eigenvalue weighted by Crippen LogP contribution is 2.50. The van der Waals surface area contributed by atoms with E-state index in [1.165, 1.54) is 0 Å². The molecular weight excluding hydrogens is 409 g/mol. The molecule has 7 heteroatoms. The first-order chi connectivity index (χ1) is 14.4. The predicted octanol–water partition coefficient (Wildman–Crippen LogP) is 5.54. The molecule has 1 amide bonds. The van der Waals surface area contributed by atoms with Crippen LogP contribution in [-0.2, 0) is 4.79 Å². The van der Waals surface area contributed by atoms with Gasteiger partial charge in [0.1, 0.15) is 0 Å². The zero-order valence-corrected chi connectivity index (χ0v) is 16.7. The van der Waals surface area contributed by atoms with Crippen LogP contribution in [0.4, 0.5) is 13.2 Å². The van der Waals surface area contributed by atoms with Crippen LogP contribution >= 0.6 is 11.8 Å². The highest BCUT2D eigenvalue weighted by molar-refractivity contribution is 7.99. The van der Waals surface area contributed by atoms with Crippen molar-refractivity contribution in [3.63, 3.8) is 0 Å². The lowest BCUT2D eigenvalue weighted by Crippen LogP contribution is -2.50. The van der Waals surface area contributed by atoms with Crippen LogP contribution in [0.15, 0.2) is 57.8 Å². The third-order valence-electron chi connectivity index (χ3n) is 6.17. The molecule has 2 bridgehead atoms. The summed E-state index contributed by atoms with van der Waals surface area (Å²) >= 11 is 1.61. The molecule has 5 rings (SSSR count). The number of carbonyl (C=O) groups excluding carboxylic acids is 1. The molecule has 2 saturated heterocycles. The first kappa shape index (κ1) is 19.3. The van der Waals surface area contributed by atoms with Crippen molar-refractivity contribution >= 4 is 23.2 Å². The molecule has 2 fully saturated rings. The van der Waals surface area contributed by atoms with Gasteiger partial charge in [-0.05, 0) is 60.6 Å². The Balaban J connectivity index is 1.61. The molecule has 0 spiro atoms. The summed E-state index contributed by atoms with van der Waals surface area (Å²) in [5, 5.41) is 9.27. The maximum absolute atomic E-state index is 13.1. The number of rotatable bonds is 0. The number of fused-ring (bicyclic) bond motifs is 4. The van der Waals surface area contributed by atoms with Crippen molar-refractivity contribution in [2.24, 2.45) is 0 Å². The van der Waals surface area contributed by atoms with E-state index < -0.39 is 24.2 Å². The molecule has 0 N–H and O–H groups in total. The second-order valence-corrected chi connectivity index (χ2v) is 8.99. The van der Waals surface area contributed by atoms with E-state index in [2.05, 4.69) is 6.07 Å². The lowest BCUT2D eigenvalue weighted by atomic mass is 9.85. The number of amides is 1. The van der Waals surface area contributed by atoms with Crippen LogP contribution in [0.2, 0.25) is 0 Å². The Morgan fingerprint density at radius 2 is 1.70 bits per heavy atom. The van der Waals surface area contributed by atoms with E-state index in [4.69, 9.17) is 0 Å². The van der Waals surface area contributed by atoms with E-state index in [9.17, 15) is 23.2 Å². The molecule has 2 aromatic rings. The number of alkyl halides is 3. The van der Waals surface area contributed by atoms with Crippen LogP contribution in [0.5, 0.6) is 0 Å². The molecule has 152 valence electrons. The van der Waals surface area contributed by atoms with Gasteiger partial charge in [-0.3, -0.25) is 4.79 Å². The van der Waals surface area contributed by atoms with Gasteiger partial charge in [0.2, 0.25) is 0 Å². The van der Waals surface area contributed by atoms with Crippen LogP contribution in [0.1, 0.15) is 42.4 Å². The fourth-order valence-electron chi connectivity index (χ4n) is 4.99. The van der Waals surface area contributed by atoms with Crippen molar-refractivity contribution in [3.8, 4) is 6.07 Å².